The van der Waals surface area contributed by atoms with E-state index < -0.39 is 10.0 Å². The molecule has 0 bridgehead atoms. The van der Waals surface area contributed by atoms with Gasteiger partial charge in [-0.15, -0.1) is 0 Å². The van der Waals surface area contributed by atoms with Crippen LogP contribution >= 0.6 is 0 Å². The molecule has 0 spiro atoms. The molecule has 1 unspecified atom stereocenters. The highest BCUT2D eigenvalue weighted by Gasteiger charge is 2.37. The average Bonchev–Trinajstić information content (AvgIpc) is 3.13. The minimum Gasteiger partial charge on any atom is -0.338 e. The van der Waals surface area contributed by atoms with Crippen molar-refractivity contribution in [2.75, 3.05) is 19.6 Å². The Morgan fingerprint density at radius 1 is 0.897 bits per heavy atom. The van der Waals surface area contributed by atoms with E-state index in [9.17, 15) is 13.2 Å². The Kier molecular flexibility index (Phi) is 11.6. The maximum Gasteiger partial charge on any atom is 0.315 e. The van der Waals surface area contributed by atoms with Crippen LogP contribution < -0.4 is 10.6 Å². The van der Waals surface area contributed by atoms with Crippen LogP contribution in [0.25, 0.3) is 0 Å². The van der Waals surface area contributed by atoms with Gasteiger partial charge in [0.1, 0.15) is 0 Å². The lowest BCUT2D eigenvalue weighted by atomic mass is 9.97. The van der Waals surface area contributed by atoms with E-state index in [1.165, 1.54) is 19.3 Å². The third-order valence-electron chi connectivity index (χ3n) is 6.38. The van der Waals surface area contributed by atoms with Gasteiger partial charge in [-0.2, -0.15) is 0 Å². The summed E-state index contributed by atoms with van der Waals surface area (Å²) in [5, 5.41) is 5.82. The van der Waals surface area contributed by atoms with Crippen molar-refractivity contribution in [1.82, 2.24) is 14.9 Å². The third-order valence-corrected chi connectivity index (χ3v) is 8.75. The molecule has 2 amide bonds. The van der Waals surface area contributed by atoms with E-state index in [1.807, 2.05) is 0 Å². The van der Waals surface area contributed by atoms with Crippen molar-refractivity contribution in [3.05, 3.63) is 20.9 Å². The summed E-state index contributed by atoms with van der Waals surface area (Å²) in [6, 6.07) is 1.03. The molecular weight excluding hydrogens is 386 g/mol. The molecule has 0 aromatic carbocycles. The van der Waals surface area contributed by atoms with Crippen LogP contribution in [-0.4, -0.2) is 43.6 Å². The summed E-state index contributed by atoms with van der Waals surface area (Å²) in [5.41, 5.74) is 0. The lowest BCUT2D eigenvalue weighted by Crippen LogP contribution is -2.42. The van der Waals surface area contributed by atoms with E-state index in [4.69, 9.17) is 0 Å². The highest BCUT2D eigenvalue weighted by molar-refractivity contribution is 7.89. The van der Waals surface area contributed by atoms with Gasteiger partial charge in [0.2, 0.25) is 10.0 Å². The first-order valence-corrected chi connectivity index (χ1v) is 12.4. The van der Waals surface area contributed by atoms with Gasteiger partial charge in [-0.3, -0.25) is 0 Å². The largest absolute Gasteiger partial charge is 0.338 e. The first-order chi connectivity index (χ1) is 13.1. The maximum absolute atomic E-state index is 12.8. The van der Waals surface area contributed by atoms with Gasteiger partial charge in [0.05, 0.1) is 11.3 Å². The van der Waals surface area contributed by atoms with E-state index in [1.54, 1.807) is 4.31 Å². The summed E-state index contributed by atoms with van der Waals surface area (Å²) in [6.45, 7) is 1.70. The molecule has 2 saturated carbocycles. The SMILES string of the molecule is O=C(NCC1CCN(S(=O)(=O)C2CCCCC2)C1)N[C]1CCCCCCC1.[CH2].[CH2]. The van der Waals surface area contributed by atoms with Gasteiger partial charge < -0.3 is 10.6 Å². The molecular formula is C22H40N3O3S. The van der Waals surface area contributed by atoms with Crippen molar-refractivity contribution < 1.29 is 13.2 Å². The summed E-state index contributed by atoms with van der Waals surface area (Å²) >= 11 is 0. The van der Waals surface area contributed by atoms with Gasteiger partial charge in [-0.05, 0) is 38.0 Å². The van der Waals surface area contributed by atoms with Crippen LogP contribution in [0.4, 0.5) is 4.79 Å². The molecule has 3 aliphatic rings. The second-order valence-electron chi connectivity index (χ2n) is 8.52. The van der Waals surface area contributed by atoms with Gasteiger partial charge in [-0.25, -0.2) is 17.5 Å². The van der Waals surface area contributed by atoms with Crippen LogP contribution in [0.15, 0.2) is 0 Å². The second kappa shape index (κ2) is 12.8. The number of rotatable bonds is 5. The van der Waals surface area contributed by atoms with Crippen molar-refractivity contribution in [2.45, 2.75) is 88.7 Å². The molecule has 0 aromatic rings. The summed E-state index contributed by atoms with van der Waals surface area (Å²) in [6.07, 6.45) is 13.8. The van der Waals surface area contributed by atoms with E-state index in [-0.39, 0.29) is 32.1 Å². The number of nitrogens with zero attached hydrogens (tertiary/aromatic N) is 1. The highest BCUT2D eigenvalue weighted by atomic mass is 32.2. The number of urea groups is 1. The van der Waals surface area contributed by atoms with Crippen molar-refractivity contribution in [3.8, 4) is 0 Å². The van der Waals surface area contributed by atoms with Crippen molar-refractivity contribution >= 4 is 16.1 Å². The maximum atomic E-state index is 12.8. The lowest BCUT2D eigenvalue weighted by Gasteiger charge is -2.27. The molecule has 2 N–H and O–H groups in total. The first-order valence-electron chi connectivity index (χ1n) is 10.9. The van der Waals surface area contributed by atoms with E-state index in [0.717, 1.165) is 70.3 Å². The quantitative estimate of drug-likeness (QED) is 0.691. The first kappa shape index (κ1) is 26.2. The summed E-state index contributed by atoms with van der Waals surface area (Å²) in [5.74, 6) is 0.219. The Morgan fingerprint density at radius 2 is 1.48 bits per heavy atom. The van der Waals surface area contributed by atoms with Gasteiger partial charge >= 0.3 is 6.03 Å². The molecule has 6 nitrogen and oxygen atoms in total. The number of hydrogen-bond donors (Lipinski definition) is 2. The van der Waals surface area contributed by atoms with E-state index in [2.05, 4.69) is 10.6 Å². The van der Waals surface area contributed by atoms with Gasteiger partial charge in [-0.1, -0.05) is 66.2 Å². The lowest BCUT2D eigenvalue weighted by molar-refractivity contribution is 0.238. The van der Waals surface area contributed by atoms with Gasteiger partial charge in [0.15, 0.2) is 0 Å². The standard InChI is InChI=1S/C20H36N3O3S.2CH2/c24-20(22-18-9-5-2-1-3-6-10-18)21-15-17-13-14-23(16-17)27(25,26)19-11-7-4-8-12-19;;/h17,19H,1-16H2,(H2,21,22,24);2*1H2. The number of carbonyl (C=O) groups is 1. The number of carbonyl (C=O) groups excluding carboxylic acids is 1. The molecule has 2 aliphatic carbocycles. The molecule has 1 saturated heterocycles. The number of nitrogens with one attached hydrogen (secondary N) is 2. The molecule has 3 fully saturated rings. The van der Waals surface area contributed by atoms with Crippen LogP contribution in [0.3, 0.4) is 0 Å². The van der Waals surface area contributed by atoms with Gasteiger partial charge in [0.25, 0.3) is 0 Å². The molecule has 1 aliphatic heterocycles. The molecule has 1 heterocycles. The van der Waals surface area contributed by atoms with Crippen molar-refractivity contribution in [1.29, 1.82) is 0 Å². The number of amides is 2. The van der Waals surface area contributed by atoms with Crippen molar-refractivity contribution in [3.63, 3.8) is 0 Å². The minimum absolute atomic E-state index is 0. The fourth-order valence-electron chi connectivity index (χ4n) is 4.67. The molecule has 0 aromatic heterocycles. The predicted molar refractivity (Wildman–Crippen MR) is 118 cm³/mol. The van der Waals surface area contributed by atoms with Crippen LogP contribution in [0.5, 0.6) is 0 Å². The fourth-order valence-corrected chi connectivity index (χ4v) is 6.80. The zero-order valence-electron chi connectivity index (χ0n) is 18.0. The Balaban J connectivity index is 0.00000210. The van der Waals surface area contributed by atoms with Gasteiger partial charge in [0, 0.05) is 19.6 Å². The number of sulfonamides is 1. The summed E-state index contributed by atoms with van der Waals surface area (Å²) in [4.78, 5) is 12.2. The highest BCUT2D eigenvalue weighted by Crippen LogP contribution is 2.29. The van der Waals surface area contributed by atoms with Crippen LogP contribution in [-0.2, 0) is 10.0 Å². The molecule has 29 heavy (non-hydrogen) atoms. The molecule has 167 valence electrons. The Morgan fingerprint density at radius 3 is 2.14 bits per heavy atom. The summed E-state index contributed by atoms with van der Waals surface area (Å²) < 4.78 is 27.3. The Hall–Kier alpha value is -0.820. The van der Waals surface area contributed by atoms with Crippen LogP contribution in [0.1, 0.15) is 83.5 Å². The number of hydrogen-bond acceptors (Lipinski definition) is 3. The minimum atomic E-state index is -3.16. The average molecular weight is 427 g/mol. The molecule has 7 heteroatoms. The topological polar surface area (TPSA) is 78.5 Å². The monoisotopic (exact) mass is 426 g/mol. The van der Waals surface area contributed by atoms with E-state index in [0.29, 0.717) is 19.6 Å². The summed E-state index contributed by atoms with van der Waals surface area (Å²) in [7, 11) is -3.16. The van der Waals surface area contributed by atoms with E-state index >= 15 is 0 Å². The van der Waals surface area contributed by atoms with Crippen LogP contribution in [0.2, 0.25) is 0 Å². The second-order valence-corrected chi connectivity index (χ2v) is 10.7. The predicted octanol–water partition coefficient (Wildman–Crippen LogP) is 4.20. The Bertz CT molecular complexity index is 568. The fraction of sp³-hybridized carbons (Fsp3) is 0.818. The normalized spacial score (nSPS) is 25.2. The zero-order chi connectivity index (χ0) is 19.1. The van der Waals surface area contributed by atoms with Crippen molar-refractivity contribution in [2.24, 2.45) is 5.92 Å². The third kappa shape index (κ3) is 7.74. The smallest absolute Gasteiger partial charge is 0.315 e. The molecule has 5 radical (unpaired) electrons. The zero-order valence-corrected chi connectivity index (χ0v) is 18.8. The molecule has 1 atom stereocenters. The molecule has 3 rings (SSSR count). The Labute approximate surface area is 179 Å². The van der Waals surface area contributed by atoms with Crippen LogP contribution in [0, 0.1) is 26.8 Å².